The van der Waals surface area contributed by atoms with Crippen LogP contribution in [0, 0.1) is 6.92 Å². The highest BCUT2D eigenvalue weighted by Gasteiger charge is 1.96. The summed E-state index contributed by atoms with van der Waals surface area (Å²) in [6.45, 7) is 4.65. The summed E-state index contributed by atoms with van der Waals surface area (Å²) >= 11 is 0. The zero-order valence-electron chi connectivity index (χ0n) is 9.01. The first-order valence-electron chi connectivity index (χ1n) is 5.08. The van der Waals surface area contributed by atoms with Crippen LogP contribution in [0.2, 0.25) is 0 Å². The van der Waals surface area contributed by atoms with Crippen LogP contribution in [-0.4, -0.2) is 20.3 Å². The van der Waals surface area contributed by atoms with Gasteiger partial charge >= 0.3 is 0 Å². The van der Waals surface area contributed by atoms with Crippen LogP contribution in [0.1, 0.15) is 24.4 Å². The molecule has 0 amide bonds. The molecular formula is C11H19NO2. The van der Waals surface area contributed by atoms with Gasteiger partial charge in [0.25, 0.3) is 0 Å². The van der Waals surface area contributed by atoms with Gasteiger partial charge in [0.2, 0.25) is 0 Å². The van der Waals surface area contributed by atoms with Gasteiger partial charge in [0.15, 0.2) is 0 Å². The Labute approximate surface area is 85.4 Å². The summed E-state index contributed by atoms with van der Waals surface area (Å²) in [7, 11) is 1.74. The molecule has 14 heavy (non-hydrogen) atoms. The predicted molar refractivity (Wildman–Crippen MR) is 56.3 cm³/mol. The number of methoxy groups -OCH3 is 1. The molecule has 0 aliphatic carbocycles. The lowest BCUT2D eigenvalue weighted by molar-refractivity contribution is 0.192. The van der Waals surface area contributed by atoms with Crippen LogP contribution >= 0.6 is 0 Å². The molecule has 0 bridgehead atoms. The van der Waals surface area contributed by atoms with Crippen LogP contribution in [0.15, 0.2) is 16.5 Å². The summed E-state index contributed by atoms with van der Waals surface area (Å²) in [6, 6.07) is 4.00. The van der Waals surface area contributed by atoms with Crippen molar-refractivity contribution in [3.05, 3.63) is 23.7 Å². The molecule has 1 heterocycles. The Morgan fingerprint density at radius 1 is 1.36 bits per heavy atom. The molecule has 0 aliphatic heterocycles. The van der Waals surface area contributed by atoms with Crippen LogP contribution in [0.3, 0.4) is 0 Å². The van der Waals surface area contributed by atoms with Gasteiger partial charge < -0.3 is 14.5 Å². The first kappa shape index (κ1) is 11.3. The smallest absolute Gasteiger partial charge is 0.117 e. The monoisotopic (exact) mass is 197 g/mol. The zero-order chi connectivity index (χ0) is 10.2. The zero-order valence-corrected chi connectivity index (χ0v) is 9.01. The largest absolute Gasteiger partial charge is 0.465 e. The quantitative estimate of drug-likeness (QED) is 0.680. The number of aryl methyl sites for hydroxylation is 1. The summed E-state index contributed by atoms with van der Waals surface area (Å²) in [4.78, 5) is 0. The Morgan fingerprint density at radius 2 is 2.21 bits per heavy atom. The molecule has 0 aliphatic rings. The molecule has 0 saturated heterocycles. The van der Waals surface area contributed by atoms with E-state index in [0.29, 0.717) is 0 Å². The number of unbranched alkanes of at least 4 members (excludes halogenated alkanes) is 1. The molecule has 1 rings (SSSR count). The van der Waals surface area contributed by atoms with Gasteiger partial charge in [-0.15, -0.1) is 0 Å². The molecule has 0 aromatic carbocycles. The molecule has 0 saturated carbocycles. The molecule has 3 nitrogen and oxygen atoms in total. The van der Waals surface area contributed by atoms with Gasteiger partial charge in [0.05, 0.1) is 6.54 Å². The third-order valence-electron chi connectivity index (χ3n) is 2.05. The fourth-order valence-corrected chi connectivity index (χ4v) is 1.29. The van der Waals surface area contributed by atoms with E-state index in [1.165, 1.54) is 0 Å². The Kier molecular flexibility index (Phi) is 5.33. The lowest BCUT2D eigenvalue weighted by atomic mass is 10.3. The van der Waals surface area contributed by atoms with Gasteiger partial charge in [-0.3, -0.25) is 0 Å². The molecule has 1 N–H and O–H groups in total. The number of ether oxygens (including phenoxy) is 1. The molecule has 1 aromatic rings. The summed E-state index contributed by atoms with van der Waals surface area (Å²) < 4.78 is 10.4. The average Bonchev–Trinajstić information content (AvgIpc) is 2.58. The van der Waals surface area contributed by atoms with Crippen molar-refractivity contribution in [3.63, 3.8) is 0 Å². The van der Waals surface area contributed by atoms with E-state index < -0.39 is 0 Å². The highest BCUT2D eigenvalue weighted by molar-refractivity contribution is 5.04. The number of rotatable bonds is 7. The minimum atomic E-state index is 0.820. The number of furan rings is 1. The predicted octanol–water partition coefficient (Wildman–Crippen LogP) is 2.10. The Balaban J connectivity index is 1.99. The van der Waals surface area contributed by atoms with E-state index >= 15 is 0 Å². The minimum absolute atomic E-state index is 0.820. The normalized spacial score (nSPS) is 10.7. The number of nitrogens with one attached hydrogen (secondary N) is 1. The Bertz CT molecular complexity index is 245. The Hall–Kier alpha value is -0.800. The molecule has 1 aromatic heterocycles. The van der Waals surface area contributed by atoms with Crippen LogP contribution in [0.25, 0.3) is 0 Å². The van der Waals surface area contributed by atoms with Crippen LogP contribution < -0.4 is 5.32 Å². The third-order valence-corrected chi connectivity index (χ3v) is 2.05. The molecule has 0 atom stereocenters. The fourth-order valence-electron chi connectivity index (χ4n) is 1.29. The van der Waals surface area contributed by atoms with E-state index in [9.17, 15) is 0 Å². The van der Waals surface area contributed by atoms with Gasteiger partial charge in [-0.05, 0) is 38.4 Å². The maximum absolute atomic E-state index is 5.42. The minimum Gasteiger partial charge on any atom is -0.465 e. The van der Waals surface area contributed by atoms with Gasteiger partial charge in [-0.1, -0.05) is 0 Å². The van der Waals surface area contributed by atoms with Gasteiger partial charge in [-0.25, -0.2) is 0 Å². The highest BCUT2D eigenvalue weighted by Crippen LogP contribution is 2.05. The van der Waals surface area contributed by atoms with Crippen molar-refractivity contribution in [3.8, 4) is 0 Å². The fraction of sp³-hybridized carbons (Fsp3) is 0.636. The van der Waals surface area contributed by atoms with Crippen molar-refractivity contribution in [2.24, 2.45) is 0 Å². The average molecular weight is 197 g/mol. The second kappa shape index (κ2) is 6.62. The van der Waals surface area contributed by atoms with E-state index in [-0.39, 0.29) is 0 Å². The highest BCUT2D eigenvalue weighted by atomic mass is 16.5. The summed E-state index contributed by atoms with van der Waals surface area (Å²) in [5, 5.41) is 3.32. The van der Waals surface area contributed by atoms with Crippen molar-refractivity contribution in [2.75, 3.05) is 20.3 Å². The van der Waals surface area contributed by atoms with Crippen molar-refractivity contribution in [1.29, 1.82) is 0 Å². The van der Waals surface area contributed by atoms with Crippen molar-refractivity contribution in [2.45, 2.75) is 26.3 Å². The van der Waals surface area contributed by atoms with Crippen LogP contribution in [0.4, 0.5) is 0 Å². The number of hydrogen-bond donors (Lipinski definition) is 1. The second-order valence-corrected chi connectivity index (χ2v) is 3.39. The van der Waals surface area contributed by atoms with Crippen molar-refractivity contribution < 1.29 is 9.15 Å². The van der Waals surface area contributed by atoms with Gasteiger partial charge in [0, 0.05) is 13.7 Å². The SMILES string of the molecule is COCCCCNCc1ccc(C)o1. The molecule has 80 valence electrons. The first-order chi connectivity index (χ1) is 6.83. The summed E-state index contributed by atoms with van der Waals surface area (Å²) in [6.07, 6.45) is 2.26. The summed E-state index contributed by atoms with van der Waals surface area (Å²) in [5.41, 5.74) is 0. The first-order valence-corrected chi connectivity index (χ1v) is 5.08. The lowest BCUT2D eigenvalue weighted by Crippen LogP contribution is -2.14. The maximum atomic E-state index is 5.42. The molecule has 3 heteroatoms. The summed E-state index contributed by atoms with van der Waals surface area (Å²) in [5.74, 6) is 1.98. The molecular weight excluding hydrogens is 178 g/mol. The standard InChI is InChI=1S/C11H19NO2/c1-10-5-6-11(14-10)9-12-7-3-4-8-13-2/h5-6,12H,3-4,7-9H2,1-2H3. The molecule has 0 unspecified atom stereocenters. The van der Waals surface area contributed by atoms with E-state index in [1.807, 2.05) is 19.1 Å². The van der Waals surface area contributed by atoms with E-state index in [4.69, 9.17) is 9.15 Å². The third kappa shape index (κ3) is 4.44. The molecule has 0 spiro atoms. The van der Waals surface area contributed by atoms with Crippen LogP contribution in [0.5, 0.6) is 0 Å². The van der Waals surface area contributed by atoms with E-state index in [2.05, 4.69) is 5.32 Å². The second-order valence-electron chi connectivity index (χ2n) is 3.39. The number of hydrogen-bond acceptors (Lipinski definition) is 3. The van der Waals surface area contributed by atoms with Crippen molar-refractivity contribution in [1.82, 2.24) is 5.32 Å². The van der Waals surface area contributed by atoms with Gasteiger partial charge in [0.1, 0.15) is 11.5 Å². The Morgan fingerprint density at radius 3 is 2.86 bits per heavy atom. The molecule has 0 fully saturated rings. The van der Waals surface area contributed by atoms with E-state index in [0.717, 1.165) is 44.1 Å². The maximum Gasteiger partial charge on any atom is 0.117 e. The van der Waals surface area contributed by atoms with Gasteiger partial charge in [-0.2, -0.15) is 0 Å². The molecule has 0 radical (unpaired) electrons. The van der Waals surface area contributed by atoms with Crippen molar-refractivity contribution >= 4 is 0 Å². The van der Waals surface area contributed by atoms with E-state index in [1.54, 1.807) is 7.11 Å². The van der Waals surface area contributed by atoms with Crippen LogP contribution in [-0.2, 0) is 11.3 Å². The lowest BCUT2D eigenvalue weighted by Gasteiger charge is -2.02. The topological polar surface area (TPSA) is 34.4 Å².